The summed E-state index contributed by atoms with van der Waals surface area (Å²) < 4.78 is 0. The van der Waals surface area contributed by atoms with Crippen molar-refractivity contribution in [2.24, 2.45) is 0 Å². The second kappa shape index (κ2) is 6.54. The first-order valence-electron chi connectivity index (χ1n) is 5.93. The Morgan fingerprint density at radius 3 is 2.75 bits per heavy atom. The smallest absolute Gasteiger partial charge is 0.258 e. The van der Waals surface area contributed by atoms with Gasteiger partial charge in [-0.2, -0.15) is 0 Å². The Bertz CT molecular complexity index is 634. The maximum atomic E-state index is 12.3. The number of nitrogens with zero attached hydrogens (tertiary/aromatic N) is 2. The maximum absolute atomic E-state index is 12.3. The van der Waals surface area contributed by atoms with Gasteiger partial charge in [0.15, 0.2) is 11.0 Å². The molecule has 0 unspecified atom stereocenters. The summed E-state index contributed by atoms with van der Waals surface area (Å²) >= 11 is 11.7. The van der Waals surface area contributed by atoms with Crippen LogP contribution in [0.3, 0.4) is 0 Å². The predicted octanol–water partition coefficient (Wildman–Crippen LogP) is 3.47. The van der Waals surface area contributed by atoms with Gasteiger partial charge in [-0.15, -0.1) is 0 Å². The second-order valence-electron chi connectivity index (χ2n) is 3.86. The van der Waals surface area contributed by atoms with Crippen molar-refractivity contribution in [1.82, 2.24) is 9.97 Å². The zero-order valence-corrected chi connectivity index (χ0v) is 12.2. The van der Waals surface area contributed by atoms with E-state index in [2.05, 4.69) is 20.6 Å². The molecular weight excluding hydrogens is 299 g/mol. The monoisotopic (exact) mass is 310 g/mol. The Hall–Kier alpha value is -1.85. The molecule has 1 aromatic carbocycles. The van der Waals surface area contributed by atoms with Gasteiger partial charge in [-0.25, -0.2) is 9.97 Å². The van der Waals surface area contributed by atoms with E-state index < -0.39 is 0 Å². The number of anilines is 2. The molecule has 1 heterocycles. The van der Waals surface area contributed by atoms with Gasteiger partial charge in [0, 0.05) is 12.2 Å². The molecule has 2 rings (SSSR count). The van der Waals surface area contributed by atoms with Crippen molar-refractivity contribution in [2.45, 2.75) is 6.92 Å². The van der Waals surface area contributed by atoms with E-state index >= 15 is 0 Å². The lowest BCUT2D eigenvalue weighted by atomic mass is 10.1. The molecular formula is C13H12Cl2N4O. The lowest BCUT2D eigenvalue weighted by Crippen LogP contribution is -2.16. The molecule has 20 heavy (non-hydrogen) atoms. The van der Waals surface area contributed by atoms with Crippen molar-refractivity contribution in [3.05, 3.63) is 46.3 Å². The Kier molecular flexibility index (Phi) is 4.76. The number of amides is 1. The fourth-order valence-electron chi connectivity index (χ4n) is 1.64. The number of aromatic nitrogens is 2. The van der Waals surface area contributed by atoms with Crippen LogP contribution < -0.4 is 10.6 Å². The normalized spacial score (nSPS) is 10.2. The lowest BCUT2D eigenvalue weighted by molar-refractivity contribution is 0.102. The Labute approximate surface area is 126 Å². The average Bonchev–Trinajstić information content (AvgIpc) is 2.45. The molecule has 0 saturated carbocycles. The van der Waals surface area contributed by atoms with Crippen LogP contribution in [0.15, 0.2) is 30.6 Å². The van der Waals surface area contributed by atoms with E-state index in [1.807, 2.05) is 19.1 Å². The number of halogens is 2. The summed E-state index contributed by atoms with van der Waals surface area (Å²) in [5.74, 6) is -0.138. The van der Waals surface area contributed by atoms with Crippen molar-refractivity contribution >= 4 is 40.6 Å². The molecule has 2 aromatic rings. The number of nitrogens with one attached hydrogen (secondary N) is 2. The van der Waals surface area contributed by atoms with Gasteiger partial charge in [0.05, 0.1) is 5.56 Å². The van der Waals surface area contributed by atoms with Crippen LogP contribution >= 0.6 is 23.2 Å². The molecule has 1 aromatic heterocycles. The number of carbonyl (C=O) groups is 1. The highest BCUT2D eigenvalue weighted by Crippen LogP contribution is 2.26. The Morgan fingerprint density at radius 2 is 2.00 bits per heavy atom. The molecule has 1 amide bonds. The third kappa shape index (κ3) is 3.18. The molecule has 0 fully saturated rings. The number of para-hydroxylation sites is 1. The van der Waals surface area contributed by atoms with Crippen molar-refractivity contribution in [1.29, 1.82) is 0 Å². The zero-order chi connectivity index (χ0) is 14.5. The van der Waals surface area contributed by atoms with E-state index in [-0.39, 0.29) is 21.9 Å². The van der Waals surface area contributed by atoms with Gasteiger partial charge in [-0.1, -0.05) is 35.3 Å². The van der Waals surface area contributed by atoms with Gasteiger partial charge in [-0.3, -0.25) is 4.79 Å². The fourth-order valence-corrected chi connectivity index (χ4v) is 1.91. The van der Waals surface area contributed by atoms with Gasteiger partial charge < -0.3 is 10.6 Å². The van der Waals surface area contributed by atoms with Gasteiger partial charge in [-0.05, 0) is 19.1 Å². The Balaban J connectivity index is 2.26. The van der Waals surface area contributed by atoms with Crippen LogP contribution in [0.4, 0.5) is 11.5 Å². The minimum atomic E-state index is -0.321. The molecule has 7 heteroatoms. The van der Waals surface area contributed by atoms with E-state index in [0.717, 1.165) is 5.69 Å². The molecule has 0 aliphatic rings. The molecule has 0 aliphatic heterocycles. The number of hydrogen-bond acceptors (Lipinski definition) is 4. The standard InChI is InChI=1S/C13H12Cl2N4O/c1-2-16-9-6-4-3-5-8(9)13(20)19-12-10(14)11(15)17-7-18-12/h3-7,16H,2H2,1H3,(H,17,18,19,20). The van der Waals surface area contributed by atoms with Gasteiger partial charge in [0.2, 0.25) is 0 Å². The molecule has 104 valence electrons. The lowest BCUT2D eigenvalue weighted by Gasteiger charge is -2.11. The zero-order valence-electron chi connectivity index (χ0n) is 10.7. The summed E-state index contributed by atoms with van der Waals surface area (Å²) in [5, 5.41) is 5.94. The Morgan fingerprint density at radius 1 is 1.25 bits per heavy atom. The minimum absolute atomic E-state index is 0.0944. The van der Waals surface area contributed by atoms with Crippen molar-refractivity contribution in [3.63, 3.8) is 0 Å². The SMILES string of the molecule is CCNc1ccccc1C(=O)Nc1ncnc(Cl)c1Cl. The van der Waals surface area contributed by atoms with E-state index in [4.69, 9.17) is 23.2 Å². The summed E-state index contributed by atoms with van der Waals surface area (Å²) in [6.07, 6.45) is 1.24. The third-order valence-corrected chi connectivity index (χ3v) is 3.26. The molecule has 0 saturated heterocycles. The largest absolute Gasteiger partial charge is 0.385 e. The quantitative estimate of drug-likeness (QED) is 0.849. The number of hydrogen-bond donors (Lipinski definition) is 2. The molecule has 0 atom stereocenters. The van der Waals surface area contributed by atoms with E-state index in [1.165, 1.54) is 6.33 Å². The highest BCUT2D eigenvalue weighted by Gasteiger charge is 2.14. The minimum Gasteiger partial charge on any atom is -0.385 e. The molecule has 5 nitrogen and oxygen atoms in total. The van der Waals surface area contributed by atoms with Crippen LogP contribution in [0.2, 0.25) is 10.2 Å². The predicted molar refractivity (Wildman–Crippen MR) is 80.6 cm³/mol. The topological polar surface area (TPSA) is 66.9 Å². The maximum Gasteiger partial charge on any atom is 0.258 e. The summed E-state index contributed by atoms with van der Waals surface area (Å²) in [6.45, 7) is 2.67. The molecule has 0 aliphatic carbocycles. The summed E-state index contributed by atoms with van der Waals surface area (Å²) in [6, 6.07) is 7.17. The number of rotatable bonds is 4. The van der Waals surface area contributed by atoms with Gasteiger partial charge in [0.25, 0.3) is 5.91 Å². The van der Waals surface area contributed by atoms with Crippen LogP contribution in [0.25, 0.3) is 0 Å². The molecule has 2 N–H and O–H groups in total. The highest BCUT2D eigenvalue weighted by atomic mass is 35.5. The fraction of sp³-hybridized carbons (Fsp3) is 0.154. The van der Waals surface area contributed by atoms with Crippen LogP contribution in [-0.4, -0.2) is 22.4 Å². The van der Waals surface area contributed by atoms with Crippen molar-refractivity contribution in [3.8, 4) is 0 Å². The first-order valence-corrected chi connectivity index (χ1v) is 6.69. The van der Waals surface area contributed by atoms with E-state index in [9.17, 15) is 4.79 Å². The highest BCUT2D eigenvalue weighted by molar-refractivity contribution is 6.43. The molecule has 0 bridgehead atoms. The summed E-state index contributed by atoms with van der Waals surface area (Å²) in [7, 11) is 0. The first kappa shape index (κ1) is 14.6. The van der Waals surface area contributed by atoms with E-state index in [1.54, 1.807) is 12.1 Å². The number of benzene rings is 1. The summed E-state index contributed by atoms with van der Waals surface area (Å²) in [4.78, 5) is 19.9. The van der Waals surface area contributed by atoms with Crippen LogP contribution in [0.5, 0.6) is 0 Å². The van der Waals surface area contributed by atoms with Crippen molar-refractivity contribution < 1.29 is 4.79 Å². The van der Waals surface area contributed by atoms with Gasteiger partial charge >= 0.3 is 0 Å². The second-order valence-corrected chi connectivity index (χ2v) is 4.59. The third-order valence-electron chi connectivity index (χ3n) is 2.52. The van der Waals surface area contributed by atoms with Crippen LogP contribution in [-0.2, 0) is 0 Å². The average molecular weight is 311 g/mol. The first-order chi connectivity index (χ1) is 9.63. The van der Waals surface area contributed by atoms with Gasteiger partial charge in [0.1, 0.15) is 11.3 Å². The van der Waals surface area contributed by atoms with E-state index in [0.29, 0.717) is 12.1 Å². The molecule has 0 spiro atoms. The van der Waals surface area contributed by atoms with Crippen molar-refractivity contribution in [2.75, 3.05) is 17.2 Å². The van der Waals surface area contributed by atoms with Crippen LogP contribution in [0.1, 0.15) is 17.3 Å². The number of carbonyl (C=O) groups excluding carboxylic acids is 1. The van der Waals surface area contributed by atoms with Crippen LogP contribution in [0, 0.1) is 0 Å². The summed E-state index contributed by atoms with van der Waals surface area (Å²) in [5.41, 5.74) is 1.24. The molecule has 0 radical (unpaired) electrons.